The van der Waals surface area contributed by atoms with E-state index >= 15 is 0 Å². The molecule has 0 atom stereocenters. The van der Waals surface area contributed by atoms with E-state index in [1.807, 2.05) is 24.3 Å². The number of halogens is 2. The summed E-state index contributed by atoms with van der Waals surface area (Å²) in [6.45, 7) is 0. The minimum atomic E-state index is -0.493. The molecule has 0 N–H and O–H groups in total. The predicted molar refractivity (Wildman–Crippen MR) is 81.2 cm³/mol. The van der Waals surface area contributed by atoms with Crippen LogP contribution >= 0.6 is 31.9 Å². The number of furan rings is 1. The van der Waals surface area contributed by atoms with E-state index < -0.39 is 5.97 Å². The van der Waals surface area contributed by atoms with Gasteiger partial charge in [0.1, 0.15) is 5.76 Å². The van der Waals surface area contributed by atoms with Crippen LogP contribution in [0.4, 0.5) is 0 Å². The van der Waals surface area contributed by atoms with E-state index in [0.29, 0.717) is 10.4 Å². The van der Waals surface area contributed by atoms with E-state index in [1.54, 1.807) is 12.1 Å². The molecule has 20 heavy (non-hydrogen) atoms. The van der Waals surface area contributed by atoms with Gasteiger partial charge in [0.25, 0.3) is 0 Å². The van der Waals surface area contributed by atoms with E-state index in [2.05, 4.69) is 36.9 Å². The zero-order valence-corrected chi connectivity index (χ0v) is 13.1. The largest absolute Gasteiger partial charge is 0.450 e. The van der Waals surface area contributed by atoms with Gasteiger partial charge in [0.2, 0.25) is 5.90 Å². The number of hydrogen-bond donors (Lipinski definition) is 0. The highest BCUT2D eigenvalue weighted by molar-refractivity contribution is 9.10. The van der Waals surface area contributed by atoms with Gasteiger partial charge in [0, 0.05) is 16.1 Å². The molecule has 6 heteroatoms. The molecule has 1 aromatic heterocycles. The van der Waals surface area contributed by atoms with Crippen molar-refractivity contribution in [1.29, 1.82) is 0 Å². The number of aliphatic imine (C=N–C) groups is 1. The van der Waals surface area contributed by atoms with Crippen LogP contribution in [-0.4, -0.2) is 11.9 Å². The Bertz CT molecular complexity index is 746. The second kappa shape index (κ2) is 5.38. The predicted octanol–water partition coefficient (Wildman–Crippen LogP) is 4.15. The summed E-state index contributed by atoms with van der Waals surface area (Å²) in [6, 6.07) is 10.9. The average Bonchev–Trinajstić information content (AvgIpc) is 2.97. The third kappa shape index (κ3) is 2.76. The van der Waals surface area contributed by atoms with Crippen molar-refractivity contribution < 1.29 is 13.9 Å². The van der Waals surface area contributed by atoms with Gasteiger partial charge >= 0.3 is 5.97 Å². The second-order valence-corrected chi connectivity index (χ2v) is 5.69. The van der Waals surface area contributed by atoms with E-state index in [-0.39, 0.29) is 11.6 Å². The molecule has 2 aromatic rings. The molecule has 0 saturated carbocycles. The first-order valence-corrected chi connectivity index (χ1v) is 7.24. The zero-order chi connectivity index (χ0) is 14.1. The van der Waals surface area contributed by atoms with Gasteiger partial charge in [-0.1, -0.05) is 22.0 Å². The fourth-order valence-electron chi connectivity index (χ4n) is 1.69. The summed E-state index contributed by atoms with van der Waals surface area (Å²) in [4.78, 5) is 16.0. The van der Waals surface area contributed by atoms with Crippen LogP contribution < -0.4 is 0 Å². The van der Waals surface area contributed by atoms with E-state index in [1.165, 1.54) is 6.08 Å². The molecule has 0 bridgehead atoms. The van der Waals surface area contributed by atoms with Gasteiger partial charge in [-0.15, -0.1) is 0 Å². The highest BCUT2D eigenvalue weighted by atomic mass is 79.9. The molecule has 4 nitrogen and oxygen atoms in total. The van der Waals surface area contributed by atoms with E-state index in [9.17, 15) is 4.79 Å². The Labute approximate surface area is 131 Å². The SMILES string of the molecule is O=C1OC(c2cccc(Br)c2)=N/C1=C\c1ccc(Br)o1. The highest BCUT2D eigenvalue weighted by Gasteiger charge is 2.24. The van der Waals surface area contributed by atoms with Crippen LogP contribution in [0, 0.1) is 0 Å². The molecule has 0 aliphatic carbocycles. The number of benzene rings is 1. The lowest BCUT2D eigenvalue weighted by atomic mass is 10.2. The maximum Gasteiger partial charge on any atom is 0.363 e. The van der Waals surface area contributed by atoms with Crippen LogP contribution in [0.2, 0.25) is 0 Å². The van der Waals surface area contributed by atoms with Crippen molar-refractivity contribution in [3.8, 4) is 0 Å². The minimum absolute atomic E-state index is 0.210. The highest BCUT2D eigenvalue weighted by Crippen LogP contribution is 2.22. The summed E-state index contributed by atoms with van der Waals surface area (Å²) in [5, 5.41) is 0. The fourth-order valence-corrected chi connectivity index (χ4v) is 2.41. The lowest BCUT2D eigenvalue weighted by Crippen LogP contribution is -2.05. The van der Waals surface area contributed by atoms with Gasteiger partial charge in [-0.05, 0) is 46.3 Å². The summed E-state index contributed by atoms with van der Waals surface area (Å²) < 4.78 is 12.0. The standard InChI is InChI=1S/C14H7Br2NO3/c15-9-3-1-2-8(6-9)13-17-11(14(18)20-13)7-10-4-5-12(16)19-10/h1-7H/b11-7-. The molecule has 1 aliphatic heterocycles. The first kappa shape index (κ1) is 13.3. The monoisotopic (exact) mass is 395 g/mol. The summed E-state index contributed by atoms with van der Waals surface area (Å²) in [5.74, 6) is 0.323. The molecule has 0 spiro atoms. The van der Waals surface area contributed by atoms with Gasteiger partial charge < -0.3 is 9.15 Å². The van der Waals surface area contributed by atoms with Crippen molar-refractivity contribution in [2.45, 2.75) is 0 Å². The van der Waals surface area contributed by atoms with Crippen molar-refractivity contribution in [1.82, 2.24) is 0 Å². The van der Waals surface area contributed by atoms with Gasteiger partial charge in [-0.3, -0.25) is 0 Å². The summed E-state index contributed by atoms with van der Waals surface area (Å²) in [7, 11) is 0. The van der Waals surface area contributed by atoms with Gasteiger partial charge in [0.15, 0.2) is 10.4 Å². The van der Waals surface area contributed by atoms with Crippen molar-refractivity contribution in [3.05, 3.63) is 62.6 Å². The maximum absolute atomic E-state index is 11.8. The number of nitrogens with zero attached hydrogens (tertiary/aromatic N) is 1. The van der Waals surface area contributed by atoms with Crippen LogP contribution in [0.15, 0.2) is 60.6 Å². The van der Waals surface area contributed by atoms with E-state index in [0.717, 1.165) is 10.0 Å². The van der Waals surface area contributed by atoms with Crippen LogP contribution in [0.25, 0.3) is 6.08 Å². The Morgan fingerprint density at radius 1 is 1.15 bits per heavy atom. The Kier molecular flexibility index (Phi) is 3.58. The number of rotatable bonds is 2. The average molecular weight is 397 g/mol. The number of carbonyl (C=O) groups is 1. The number of cyclic esters (lactones) is 1. The quantitative estimate of drug-likeness (QED) is 0.566. The molecule has 0 radical (unpaired) electrons. The van der Waals surface area contributed by atoms with Gasteiger partial charge in [-0.2, -0.15) is 0 Å². The molecule has 0 saturated heterocycles. The number of esters is 1. The van der Waals surface area contributed by atoms with Crippen molar-refractivity contribution >= 4 is 49.8 Å². The van der Waals surface area contributed by atoms with Crippen LogP contribution in [0.1, 0.15) is 11.3 Å². The third-order valence-electron chi connectivity index (χ3n) is 2.57. The Balaban J connectivity index is 1.94. The smallest absolute Gasteiger partial charge is 0.363 e. The molecule has 0 fully saturated rings. The summed E-state index contributed by atoms with van der Waals surface area (Å²) in [6.07, 6.45) is 1.54. The normalized spacial score (nSPS) is 16.4. The third-order valence-corrected chi connectivity index (χ3v) is 3.48. The van der Waals surface area contributed by atoms with Gasteiger partial charge in [0.05, 0.1) is 0 Å². The Hall–Kier alpha value is -1.66. The first-order chi connectivity index (χ1) is 9.61. The molecule has 1 aromatic carbocycles. The van der Waals surface area contributed by atoms with Crippen molar-refractivity contribution in [3.63, 3.8) is 0 Å². The lowest BCUT2D eigenvalue weighted by Gasteiger charge is -1.99. The maximum atomic E-state index is 11.8. The Morgan fingerprint density at radius 2 is 2.00 bits per heavy atom. The molecular weight excluding hydrogens is 390 g/mol. The van der Waals surface area contributed by atoms with Crippen molar-refractivity contribution in [2.24, 2.45) is 4.99 Å². The zero-order valence-electron chi connectivity index (χ0n) is 9.97. The second-order valence-electron chi connectivity index (χ2n) is 3.99. The van der Waals surface area contributed by atoms with Gasteiger partial charge in [-0.25, -0.2) is 9.79 Å². The number of ether oxygens (including phenoxy) is 1. The molecule has 1 aliphatic rings. The molecule has 100 valence electrons. The molecule has 0 unspecified atom stereocenters. The first-order valence-electron chi connectivity index (χ1n) is 5.66. The molecule has 0 amide bonds. The van der Waals surface area contributed by atoms with Crippen molar-refractivity contribution in [2.75, 3.05) is 0 Å². The summed E-state index contributed by atoms with van der Waals surface area (Å²) in [5.41, 5.74) is 0.943. The van der Waals surface area contributed by atoms with Crippen LogP contribution in [-0.2, 0) is 9.53 Å². The minimum Gasteiger partial charge on any atom is -0.450 e. The van der Waals surface area contributed by atoms with Crippen LogP contribution in [0.5, 0.6) is 0 Å². The lowest BCUT2D eigenvalue weighted by molar-refractivity contribution is -0.129. The Morgan fingerprint density at radius 3 is 2.70 bits per heavy atom. The summed E-state index contributed by atoms with van der Waals surface area (Å²) >= 11 is 6.57. The molecule has 3 rings (SSSR count). The number of hydrogen-bond acceptors (Lipinski definition) is 4. The molecular formula is C14H7Br2NO3. The van der Waals surface area contributed by atoms with Crippen LogP contribution in [0.3, 0.4) is 0 Å². The number of carbonyl (C=O) groups excluding carboxylic acids is 1. The topological polar surface area (TPSA) is 51.8 Å². The van der Waals surface area contributed by atoms with E-state index in [4.69, 9.17) is 9.15 Å². The molecule has 2 heterocycles. The fraction of sp³-hybridized carbons (Fsp3) is 0.